The van der Waals surface area contributed by atoms with Crippen LogP contribution in [0.5, 0.6) is 11.5 Å². The van der Waals surface area contributed by atoms with Crippen molar-refractivity contribution in [2.45, 2.75) is 51.1 Å². The van der Waals surface area contributed by atoms with E-state index in [4.69, 9.17) is 9.47 Å². The number of fused-ring (bicyclic) bond motifs is 2. The number of rotatable bonds is 5. The van der Waals surface area contributed by atoms with Crippen molar-refractivity contribution in [3.05, 3.63) is 17.7 Å². The third kappa shape index (κ3) is 3.61. The number of nitrogens with one attached hydrogen (secondary N) is 2. The normalized spacial score (nSPS) is 26.0. The number of anilines is 1. The predicted molar refractivity (Wildman–Crippen MR) is 90.2 cm³/mol. The fourth-order valence-corrected chi connectivity index (χ4v) is 3.92. The molecule has 2 unspecified atom stereocenters. The average Bonchev–Trinajstić information content (AvgIpc) is 2.87. The minimum atomic E-state index is 0.0895. The quantitative estimate of drug-likeness (QED) is 0.876. The maximum atomic E-state index is 12.4. The zero-order valence-corrected chi connectivity index (χ0v) is 14.1. The number of benzene rings is 1. The third-order valence-electron chi connectivity index (χ3n) is 5.05. The molecule has 5 nitrogen and oxygen atoms in total. The van der Waals surface area contributed by atoms with Gasteiger partial charge in [0, 0.05) is 30.3 Å². The molecule has 2 heterocycles. The van der Waals surface area contributed by atoms with Gasteiger partial charge in [-0.2, -0.15) is 0 Å². The highest BCUT2D eigenvalue weighted by Gasteiger charge is 2.34. The van der Waals surface area contributed by atoms with Crippen LogP contribution < -0.4 is 20.1 Å². The number of hydrogen-bond donors (Lipinski definition) is 2. The van der Waals surface area contributed by atoms with Gasteiger partial charge >= 0.3 is 0 Å². The molecule has 0 aliphatic carbocycles. The number of ether oxygens (including phenoxy) is 2. The second kappa shape index (κ2) is 6.79. The second-order valence-electron chi connectivity index (χ2n) is 6.75. The van der Waals surface area contributed by atoms with Crippen molar-refractivity contribution < 1.29 is 14.3 Å². The van der Waals surface area contributed by atoms with Gasteiger partial charge in [-0.3, -0.25) is 4.79 Å². The summed E-state index contributed by atoms with van der Waals surface area (Å²) in [5, 5.41) is 6.66. The maximum absolute atomic E-state index is 12.4. The van der Waals surface area contributed by atoms with Crippen molar-refractivity contribution in [3.63, 3.8) is 0 Å². The summed E-state index contributed by atoms with van der Waals surface area (Å²) in [7, 11) is 3.21. The van der Waals surface area contributed by atoms with Crippen LogP contribution >= 0.6 is 0 Å². The highest BCUT2D eigenvalue weighted by atomic mass is 16.5. The summed E-state index contributed by atoms with van der Waals surface area (Å²) in [6, 6.07) is 4.96. The summed E-state index contributed by atoms with van der Waals surface area (Å²) in [5.74, 6) is 1.90. The molecule has 2 atom stereocenters. The van der Waals surface area contributed by atoms with Gasteiger partial charge in [-0.25, -0.2) is 0 Å². The Kier molecular flexibility index (Phi) is 4.76. The summed E-state index contributed by atoms with van der Waals surface area (Å²) in [6.07, 6.45) is 5.36. The number of hydrogen-bond acceptors (Lipinski definition) is 4. The molecular weight excluding hydrogens is 292 g/mol. The number of piperidine rings is 1. The Bertz CT molecular complexity index is 576. The van der Waals surface area contributed by atoms with Crippen LogP contribution in [0.3, 0.4) is 0 Å². The SMILES string of the molecule is COc1cc(C)c(NC(=O)CC2CC3CCC(C2)N3)cc1OC. The lowest BCUT2D eigenvalue weighted by molar-refractivity contribution is -0.117. The molecule has 2 bridgehead atoms. The molecule has 1 aromatic rings. The van der Waals surface area contributed by atoms with Gasteiger partial charge in [-0.15, -0.1) is 0 Å². The van der Waals surface area contributed by atoms with E-state index in [0.29, 0.717) is 35.9 Å². The van der Waals surface area contributed by atoms with E-state index in [2.05, 4.69) is 10.6 Å². The fraction of sp³-hybridized carbons (Fsp3) is 0.611. The first-order chi connectivity index (χ1) is 11.1. The zero-order chi connectivity index (χ0) is 16.4. The molecule has 23 heavy (non-hydrogen) atoms. The zero-order valence-electron chi connectivity index (χ0n) is 14.1. The Labute approximate surface area is 137 Å². The maximum Gasteiger partial charge on any atom is 0.224 e. The van der Waals surface area contributed by atoms with Crippen LogP contribution in [0, 0.1) is 12.8 Å². The molecule has 0 spiro atoms. The van der Waals surface area contributed by atoms with E-state index in [1.165, 1.54) is 12.8 Å². The van der Waals surface area contributed by atoms with Crippen molar-refractivity contribution in [1.29, 1.82) is 0 Å². The van der Waals surface area contributed by atoms with Gasteiger partial charge in [0.25, 0.3) is 0 Å². The fourth-order valence-electron chi connectivity index (χ4n) is 3.92. The average molecular weight is 318 g/mol. The predicted octanol–water partition coefficient (Wildman–Crippen LogP) is 2.87. The number of aryl methyl sites for hydroxylation is 1. The first-order valence-electron chi connectivity index (χ1n) is 8.37. The molecule has 2 aliphatic heterocycles. The van der Waals surface area contributed by atoms with Crippen LogP contribution in [0.25, 0.3) is 0 Å². The summed E-state index contributed by atoms with van der Waals surface area (Å²) in [4.78, 5) is 12.4. The molecular formula is C18H26N2O3. The summed E-state index contributed by atoms with van der Waals surface area (Å²) < 4.78 is 10.6. The van der Waals surface area contributed by atoms with Gasteiger partial charge < -0.3 is 20.1 Å². The second-order valence-corrected chi connectivity index (χ2v) is 6.75. The Morgan fingerprint density at radius 2 is 1.78 bits per heavy atom. The molecule has 2 aliphatic rings. The van der Waals surface area contributed by atoms with Crippen molar-refractivity contribution >= 4 is 11.6 Å². The Morgan fingerprint density at radius 1 is 1.17 bits per heavy atom. The first-order valence-corrected chi connectivity index (χ1v) is 8.37. The van der Waals surface area contributed by atoms with Gasteiger partial charge in [0.1, 0.15) is 0 Å². The van der Waals surface area contributed by atoms with Crippen molar-refractivity contribution in [1.82, 2.24) is 5.32 Å². The largest absolute Gasteiger partial charge is 0.493 e. The van der Waals surface area contributed by atoms with Gasteiger partial charge in [-0.1, -0.05) is 0 Å². The summed E-state index contributed by atoms with van der Waals surface area (Å²) in [6.45, 7) is 1.96. The van der Waals surface area contributed by atoms with E-state index in [9.17, 15) is 4.79 Å². The van der Waals surface area contributed by atoms with Crippen LogP contribution in [0.4, 0.5) is 5.69 Å². The standard InChI is InChI=1S/C18H26N2O3/c1-11-6-16(22-2)17(23-3)10-15(11)20-18(21)9-12-7-13-4-5-14(8-12)19-13/h6,10,12-14,19H,4-5,7-9H2,1-3H3,(H,20,21). The Morgan fingerprint density at radius 3 is 2.39 bits per heavy atom. The van der Waals surface area contributed by atoms with Gasteiger partial charge in [0.15, 0.2) is 11.5 Å². The molecule has 0 saturated carbocycles. The van der Waals surface area contributed by atoms with Crippen LogP contribution in [0.2, 0.25) is 0 Å². The minimum Gasteiger partial charge on any atom is -0.493 e. The van der Waals surface area contributed by atoms with Crippen LogP contribution in [0.15, 0.2) is 12.1 Å². The van der Waals surface area contributed by atoms with E-state index in [-0.39, 0.29) is 5.91 Å². The Hall–Kier alpha value is -1.75. The topological polar surface area (TPSA) is 59.6 Å². The lowest BCUT2D eigenvalue weighted by Gasteiger charge is -2.28. The Balaban J connectivity index is 1.63. The van der Waals surface area contributed by atoms with Gasteiger partial charge in [0.2, 0.25) is 5.91 Å². The van der Waals surface area contributed by atoms with Crippen molar-refractivity contribution in [2.75, 3.05) is 19.5 Å². The molecule has 2 fully saturated rings. The monoisotopic (exact) mass is 318 g/mol. The highest BCUT2D eigenvalue weighted by molar-refractivity contribution is 5.92. The van der Waals surface area contributed by atoms with E-state index in [1.807, 2.05) is 19.1 Å². The smallest absolute Gasteiger partial charge is 0.224 e. The number of methoxy groups -OCH3 is 2. The first kappa shape index (κ1) is 16.1. The van der Waals surface area contributed by atoms with Crippen molar-refractivity contribution in [3.8, 4) is 11.5 Å². The molecule has 5 heteroatoms. The molecule has 2 N–H and O–H groups in total. The van der Waals surface area contributed by atoms with Crippen molar-refractivity contribution in [2.24, 2.45) is 5.92 Å². The molecule has 1 amide bonds. The number of amides is 1. The molecule has 126 valence electrons. The van der Waals surface area contributed by atoms with E-state index >= 15 is 0 Å². The molecule has 3 rings (SSSR count). The lowest BCUT2D eigenvalue weighted by Crippen LogP contribution is -2.39. The van der Waals surface area contributed by atoms with E-state index in [1.54, 1.807) is 14.2 Å². The molecule has 1 aromatic carbocycles. The van der Waals surface area contributed by atoms with Gasteiger partial charge in [-0.05, 0) is 50.2 Å². The highest BCUT2D eigenvalue weighted by Crippen LogP contribution is 2.35. The number of carbonyl (C=O) groups is 1. The van der Waals surface area contributed by atoms with Crippen LogP contribution in [-0.4, -0.2) is 32.2 Å². The van der Waals surface area contributed by atoms with E-state index < -0.39 is 0 Å². The van der Waals surface area contributed by atoms with Crippen LogP contribution in [0.1, 0.15) is 37.7 Å². The van der Waals surface area contributed by atoms with E-state index in [0.717, 1.165) is 24.1 Å². The van der Waals surface area contributed by atoms with Crippen LogP contribution in [-0.2, 0) is 4.79 Å². The van der Waals surface area contributed by atoms with Gasteiger partial charge in [0.05, 0.1) is 14.2 Å². The number of carbonyl (C=O) groups excluding carboxylic acids is 1. The minimum absolute atomic E-state index is 0.0895. The molecule has 2 saturated heterocycles. The summed E-state index contributed by atoms with van der Waals surface area (Å²) >= 11 is 0. The third-order valence-corrected chi connectivity index (χ3v) is 5.05. The molecule has 0 radical (unpaired) electrons. The lowest BCUT2D eigenvalue weighted by atomic mass is 9.89. The summed E-state index contributed by atoms with van der Waals surface area (Å²) in [5.41, 5.74) is 1.77. The molecule has 0 aromatic heterocycles.